The van der Waals surface area contributed by atoms with Gasteiger partial charge < -0.3 is 34.4 Å². The summed E-state index contributed by atoms with van der Waals surface area (Å²) in [6, 6.07) is 16.2. The molecule has 68 heavy (non-hydrogen) atoms. The molecule has 3 aromatic rings. The van der Waals surface area contributed by atoms with E-state index in [4.69, 9.17) is 24.2 Å². The summed E-state index contributed by atoms with van der Waals surface area (Å²) in [5.41, 5.74) is 3.40. The Morgan fingerprint density at radius 3 is 2.24 bits per heavy atom. The Balaban J connectivity index is 1.44. The molecule has 0 radical (unpaired) electrons. The second-order valence-corrected chi connectivity index (χ2v) is 18.5. The van der Waals surface area contributed by atoms with E-state index in [1.54, 1.807) is 53.4 Å². The lowest BCUT2D eigenvalue weighted by atomic mass is 9.55. The number of oxime groups is 1. The number of aromatic hydroxyl groups is 1. The maximum absolute atomic E-state index is 14.9. The second-order valence-electron chi connectivity index (χ2n) is 18.5. The van der Waals surface area contributed by atoms with Gasteiger partial charge in [0.15, 0.2) is 0 Å². The van der Waals surface area contributed by atoms with Crippen molar-refractivity contribution in [3.05, 3.63) is 124 Å². The van der Waals surface area contributed by atoms with Gasteiger partial charge in [0, 0.05) is 49.8 Å². The van der Waals surface area contributed by atoms with Crippen molar-refractivity contribution in [2.45, 2.75) is 147 Å². The fourth-order valence-corrected chi connectivity index (χ4v) is 10.5. The van der Waals surface area contributed by atoms with E-state index in [9.17, 15) is 34.6 Å². The van der Waals surface area contributed by atoms with E-state index in [1.165, 1.54) is 62.8 Å². The third-order valence-electron chi connectivity index (χ3n) is 13.8. The Bertz CT molecular complexity index is 2130. The van der Waals surface area contributed by atoms with Crippen LogP contribution in [-0.4, -0.2) is 75.2 Å². The van der Waals surface area contributed by atoms with Crippen molar-refractivity contribution in [3.63, 3.8) is 0 Å². The molecule has 14 heteroatoms. The average molecular weight is 942 g/mol. The first-order valence-electron chi connectivity index (χ1n) is 24.9. The van der Waals surface area contributed by atoms with Crippen LogP contribution >= 0.6 is 0 Å². The monoisotopic (exact) mass is 942 g/mol. The van der Waals surface area contributed by atoms with Crippen molar-refractivity contribution in [2.24, 2.45) is 22.9 Å². The highest BCUT2D eigenvalue weighted by Gasteiger charge is 2.65. The van der Waals surface area contributed by atoms with Crippen LogP contribution in [0.4, 0.5) is 14.9 Å². The van der Waals surface area contributed by atoms with Gasteiger partial charge in [-0.3, -0.25) is 15.0 Å². The molecule has 0 bridgehead atoms. The smallest absolute Gasteiger partial charge is 0.410 e. The predicted molar refractivity (Wildman–Crippen MR) is 260 cm³/mol. The van der Waals surface area contributed by atoms with E-state index < -0.39 is 34.6 Å². The molecule has 1 aliphatic heterocycles. The predicted octanol–water partition coefficient (Wildman–Crippen LogP) is 11.8. The fraction of sp³-hybridized carbons (Fsp3) is 0.556. The number of nitro benzene ring substituents is 1. The molecular weight excluding hydrogens is 870 g/mol. The van der Waals surface area contributed by atoms with E-state index in [0.717, 1.165) is 56.1 Å². The number of ether oxygens (including phenoxy) is 3. The molecule has 3 N–H and O–H groups in total. The zero-order valence-corrected chi connectivity index (χ0v) is 39.8. The number of halogens is 1. The van der Waals surface area contributed by atoms with Crippen LogP contribution in [0.25, 0.3) is 0 Å². The van der Waals surface area contributed by atoms with Crippen LogP contribution in [0.2, 0.25) is 0 Å². The van der Waals surface area contributed by atoms with Crippen molar-refractivity contribution < 1.29 is 48.5 Å². The number of nitro groups is 1. The third kappa shape index (κ3) is 13.5. The number of carbonyl (C=O) groups is 1. The Morgan fingerprint density at radius 2 is 1.57 bits per heavy atom. The number of hydrogen-bond acceptors (Lipinski definition) is 11. The molecule has 1 amide bonds. The van der Waals surface area contributed by atoms with Gasteiger partial charge in [-0.15, -0.1) is 6.58 Å². The van der Waals surface area contributed by atoms with Crippen LogP contribution < -0.4 is 4.74 Å². The topological polar surface area (TPSA) is 173 Å². The quantitative estimate of drug-likeness (QED) is 0.0263. The summed E-state index contributed by atoms with van der Waals surface area (Å²) in [6.45, 7) is 6.59. The maximum atomic E-state index is 14.9. The number of benzene rings is 3. The van der Waals surface area contributed by atoms with Crippen molar-refractivity contribution in [1.82, 2.24) is 4.90 Å². The molecule has 6 rings (SSSR count). The first-order valence-corrected chi connectivity index (χ1v) is 24.9. The second kappa shape index (κ2) is 26.4. The lowest BCUT2D eigenvalue weighted by Gasteiger charge is -2.59. The number of non-ortho nitro benzene ring substituents is 1. The van der Waals surface area contributed by atoms with Gasteiger partial charge >= 0.3 is 6.09 Å². The molecule has 3 aliphatic rings. The van der Waals surface area contributed by atoms with Gasteiger partial charge in [0.1, 0.15) is 30.0 Å². The van der Waals surface area contributed by atoms with Crippen LogP contribution in [0, 0.1) is 33.7 Å². The molecule has 6 atom stereocenters. The number of unbranched alkanes of at least 4 members (excludes halogenated alkanes) is 11. The van der Waals surface area contributed by atoms with E-state index >= 15 is 0 Å². The molecule has 1 fully saturated rings. The zero-order chi connectivity index (χ0) is 48.3. The summed E-state index contributed by atoms with van der Waals surface area (Å²) in [5, 5.41) is 47.2. The number of allylic oxidation sites excluding steroid dienone is 1. The lowest BCUT2D eigenvalue weighted by Crippen LogP contribution is -2.70. The molecule has 0 saturated heterocycles. The molecule has 1 heterocycles. The first kappa shape index (κ1) is 52.1. The number of rotatable bonds is 29. The summed E-state index contributed by atoms with van der Waals surface area (Å²) < 4.78 is 34.8. The Kier molecular flexibility index (Phi) is 20.3. The highest BCUT2D eigenvalue weighted by Crippen LogP contribution is 2.62. The van der Waals surface area contributed by atoms with Crippen LogP contribution in [0.1, 0.15) is 139 Å². The lowest BCUT2D eigenvalue weighted by molar-refractivity contribution is -0.384. The standard InChI is InChI=1S/C54H72FN3O10/c1-3-5-6-7-8-9-10-11-12-17-33-65-53(62)57(37-39-20-24-42(55)25-21-39)50-36-48(56-67-38-40-22-26-43(27-23-40)58(63)64)46-34-41(18-13-15-30-59)45(19-14-16-31-60)51-47-35-44(61)28-29-49(47)68-54(50,52(46)51)66-32-4-2/h4,20-29,34-35,41,45,50-52,59-61H,2-3,5-19,30-33,36-38H2,1H3/t41-,45+,50-,51+,52+,54+/m0/s1. The van der Waals surface area contributed by atoms with Crippen molar-refractivity contribution in [2.75, 3.05) is 26.4 Å². The largest absolute Gasteiger partial charge is 0.508 e. The number of carbonyl (C=O) groups excluding carboxylic acids is 1. The van der Waals surface area contributed by atoms with Crippen LogP contribution in [0.15, 0.2) is 96.2 Å². The molecule has 13 nitrogen and oxygen atoms in total. The van der Waals surface area contributed by atoms with Crippen LogP contribution in [-0.2, 0) is 27.5 Å². The number of phenols is 1. The number of amides is 1. The summed E-state index contributed by atoms with van der Waals surface area (Å²) in [7, 11) is 0. The maximum Gasteiger partial charge on any atom is 0.410 e. The van der Waals surface area contributed by atoms with Gasteiger partial charge in [0.05, 0.1) is 29.8 Å². The summed E-state index contributed by atoms with van der Waals surface area (Å²) in [5.74, 6) is -2.50. The molecule has 3 aromatic carbocycles. The van der Waals surface area contributed by atoms with Gasteiger partial charge in [-0.25, -0.2) is 9.18 Å². The molecule has 0 aromatic heterocycles. The molecular formula is C54H72FN3O10. The van der Waals surface area contributed by atoms with E-state index in [2.05, 4.69) is 19.6 Å². The number of nitrogens with zero attached hydrogens (tertiary/aromatic N) is 3. The highest BCUT2D eigenvalue weighted by molar-refractivity contribution is 6.03. The SMILES string of the molecule is C=CCO[C@@]12Oc3ccc(O)cc3[C@H]3[C@H](CCCCO)[C@@H](CCCCO)C=C(C(=NOCc4ccc([N+](=O)[O-])cc4)C[C@@H]1N(Cc1ccc(F)cc1)C(=O)OCCCCCCCCCCCC)[C@H]32. The van der Waals surface area contributed by atoms with Crippen molar-refractivity contribution >= 4 is 17.5 Å². The molecule has 1 saturated carbocycles. The fourth-order valence-electron chi connectivity index (χ4n) is 10.5. The molecule has 370 valence electrons. The van der Waals surface area contributed by atoms with E-state index in [-0.39, 0.29) is 75.2 Å². The first-order chi connectivity index (χ1) is 33.1. The average Bonchev–Trinajstić information content (AvgIpc) is 3.34. The Labute approximate surface area is 401 Å². The van der Waals surface area contributed by atoms with E-state index in [1.807, 2.05) is 0 Å². The highest BCUT2D eigenvalue weighted by atomic mass is 19.1. The molecule has 2 aliphatic carbocycles. The summed E-state index contributed by atoms with van der Waals surface area (Å²) in [6.07, 6.45) is 18.8. The normalized spacial score (nSPS) is 22.1. The number of hydrogen-bond donors (Lipinski definition) is 3. The number of phenolic OH excluding ortho intramolecular Hbond substituents is 1. The van der Waals surface area contributed by atoms with Crippen molar-refractivity contribution in [3.8, 4) is 11.5 Å². The minimum absolute atomic E-state index is 0.00273. The Morgan fingerprint density at radius 1 is 0.912 bits per heavy atom. The van der Waals surface area contributed by atoms with Gasteiger partial charge in [-0.1, -0.05) is 107 Å². The minimum atomic E-state index is -1.58. The minimum Gasteiger partial charge on any atom is -0.508 e. The number of aliphatic hydroxyl groups excluding tert-OH is 2. The number of fused-ring (bicyclic) bond motifs is 2. The summed E-state index contributed by atoms with van der Waals surface area (Å²) in [4.78, 5) is 33.6. The van der Waals surface area contributed by atoms with E-state index in [0.29, 0.717) is 41.9 Å². The van der Waals surface area contributed by atoms with Crippen molar-refractivity contribution in [1.29, 1.82) is 0 Å². The van der Waals surface area contributed by atoms with Gasteiger partial charge in [0.2, 0.25) is 5.79 Å². The number of aliphatic hydroxyl groups is 2. The van der Waals surface area contributed by atoms with Gasteiger partial charge in [0.25, 0.3) is 5.69 Å². The van der Waals surface area contributed by atoms with Gasteiger partial charge in [-0.2, -0.15) is 0 Å². The zero-order valence-electron chi connectivity index (χ0n) is 39.8. The van der Waals surface area contributed by atoms with Gasteiger partial charge in [-0.05, 0) is 103 Å². The third-order valence-corrected chi connectivity index (χ3v) is 13.8. The Hall–Kier alpha value is -5.31. The molecule has 0 spiro atoms. The summed E-state index contributed by atoms with van der Waals surface area (Å²) >= 11 is 0. The van der Waals surface area contributed by atoms with Crippen LogP contribution in [0.5, 0.6) is 11.5 Å². The van der Waals surface area contributed by atoms with Crippen LogP contribution in [0.3, 0.4) is 0 Å². The molecule has 0 unspecified atom stereocenters.